The zero-order valence-electron chi connectivity index (χ0n) is 16.6. The van der Waals surface area contributed by atoms with E-state index in [0.717, 1.165) is 33.6 Å². The summed E-state index contributed by atoms with van der Waals surface area (Å²) in [5, 5.41) is 5.43. The fourth-order valence-corrected chi connectivity index (χ4v) is 3.79. The molecule has 0 radical (unpaired) electrons. The summed E-state index contributed by atoms with van der Waals surface area (Å²) in [5.41, 5.74) is 6.82. The molecule has 0 aliphatic carbocycles. The second-order valence-corrected chi connectivity index (χ2v) is 7.49. The van der Waals surface area contributed by atoms with Crippen molar-refractivity contribution in [3.8, 4) is 11.1 Å². The van der Waals surface area contributed by atoms with Crippen LogP contribution in [0.5, 0.6) is 0 Å². The molecule has 0 saturated heterocycles. The van der Waals surface area contributed by atoms with Crippen LogP contribution < -0.4 is 0 Å². The predicted octanol–water partition coefficient (Wildman–Crippen LogP) is 5.28. The van der Waals surface area contributed by atoms with Crippen molar-refractivity contribution in [1.29, 1.82) is 0 Å². The van der Waals surface area contributed by atoms with Gasteiger partial charge in [0.15, 0.2) is 11.3 Å². The van der Waals surface area contributed by atoms with Crippen molar-refractivity contribution in [3.63, 3.8) is 0 Å². The lowest BCUT2D eigenvalue weighted by molar-refractivity contribution is 0.0519. The van der Waals surface area contributed by atoms with Gasteiger partial charge in [-0.15, -0.1) is 0 Å². The SMILES string of the molecule is CCOC(=O)c1cc(C(C)C)n2nc(C)c(-c3c(C)cc(Cl)cc3C)c2n1. The Morgan fingerprint density at radius 3 is 2.33 bits per heavy atom. The number of hydrogen-bond donors (Lipinski definition) is 0. The summed E-state index contributed by atoms with van der Waals surface area (Å²) in [7, 11) is 0. The van der Waals surface area contributed by atoms with Crippen LogP contribution in [0.3, 0.4) is 0 Å². The molecule has 0 saturated carbocycles. The van der Waals surface area contributed by atoms with E-state index < -0.39 is 5.97 Å². The van der Waals surface area contributed by atoms with Crippen molar-refractivity contribution in [2.75, 3.05) is 6.61 Å². The largest absolute Gasteiger partial charge is 0.461 e. The van der Waals surface area contributed by atoms with Gasteiger partial charge in [0.1, 0.15) is 0 Å². The number of rotatable bonds is 4. The average molecular weight is 386 g/mol. The molecule has 3 aromatic rings. The maximum Gasteiger partial charge on any atom is 0.357 e. The highest BCUT2D eigenvalue weighted by molar-refractivity contribution is 6.30. The van der Waals surface area contributed by atoms with Crippen LogP contribution in [0.4, 0.5) is 0 Å². The minimum atomic E-state index is -0.420. The number of esters is 1. The van der Waals surface area contributed by atoms with Crippen molar-refractivity contribution < 1.29 is 9.53 Å². The third kappa shape index (κ3) is 3.44. The number of nitrogens with zero attached hydrogens (tertiary/aromatic N) is 3. The van der Waals surface area contributed by atoms with E-state index in [-0.39, 0.29) is 5.92 Å². The number of benzene rings is 1. The van der Waals surface area contributed by atoms with Crippen LogP contribution in [0.15, 0.2) is 18.2 Å². The van der Waals surface area contributed by atoms with Crippen LogP contribution in [-0.4, -0.2) is 27.2 Å². The monoisotopic (exact) mass is 385 g/mol. The van der Waals surface area contributed by atoms with Gasteiger partial charge >= 0.3 is 5.97 Å². The van der Waals surface area contributed by atoms with Crippen molar-refractivity contribution in [1.82, 2.24) is 14.6 Å². The topological polar surface area (TPSA) is 56.5 Å². The minimum absolute atomic E-state index is 0.170. The Hall–Kier alpha value is -2.40. The van der Waals surface area contributed by atoms with Gasteiger partial charge < -0.3 is 4.74 Å². The number of hydrogen-bond acceptors (Lipinski definition) is 4. The molecule has 0 aliphatic rings. The van der Waals surface area contributed by atoms with E-state index >= 15 is 0 Å². The normalized spacial score (nSPS) is 11.4. The van der Waals surface area contributed by atoms with Crippen LogP contribution in [0.1, 0.15) is 59.7 Å². The second kappa shape index (κ2) is 7.31. The second-order valence-electron chi connectivity index (χ2n) is 7.05. The van der Waals surface area contributed by atoms with Gasteiger partial charge in [-0.2, -0.15) is 5.10 Å². The molecule has 0 bridgehead atoms. The third-order valence-electron chi connectivity index (χ3n) is 4.62. The molecule has 0 atom stereocenters. The Balaban J connectivity index is 2.38. The number of halogens is 1. The highest BCUT2D eigenvalue weighted by Gasteiger charge is 2.22. The van der Waals surface area contributed by atoms with E-state index in [1.165, 1.54) is 0 Å². The number of aryl methyl sites for hydroxylation is 3. The quantitative estimate of drug-likeness (QED) is 0.573. The van der Waals surface area contributed by atoms with E-state index in [0.29, 0.717) is 23.0 Å². The van der Waals surface area contributed by atoms with E-state index in [1.54, 1.807) is 13.0 Å². The lowest BCUT2D eigenvalue weighted by Gasteiger charge is -2.13. The number of fused-ring (bicyclic) bond motifs is 1. The fourth-order valence-electron chi connectivity index (χ4n) is 3.46. The standard InChI is InChI=1S/C21H24ClN3O2/c1-7-27-21(26)16-10-17(11(2)3)25-20(23-16)19(14(6)24-25)18-12(4)8-15(22)9-13(18)5/h8-11H,7H2,1-6H3. The molecule has 0 N–H and O–H groups in total. The van der Waals surface area contributed by atoms with E-state index in [1.807, 2.05) is 37.4 Å². The molecule has 5 nitrogen and oxygen atoms in total. The Kier molecular flexibility index (Phi) is 5.24. The summed E-state index contributed by atoms with van der Waals surface area (Å²) in [6.45, 7) is 12.2. The van der Waals surface area contributed by atoms with Crippen LogP contribution >= 0.6 is 11.6 Å². The minimum Gasteiger partial charge on any atom is -0.461 e. The average Bonchev–Trinajstić information content (AvgIpc) is 2.89. The molecule has 0 spiro atoms. The smallest absolute Gasteiger partial charge is 0.357 e. The van der Waals surface area contributed by atoms with Crippen LogP contribution in [0.25, 0.3) is 16.8 Å². The summed E-state index contributed by atoms with van der Waals surface area (Å²) < 4.78 is 7.02. The molecule has 2 aromatic heterocycles. The van der Waals surface area contributed by atoms with Crippen LogP contribution in [0.2, 0.25) is 5.02 Å². The first-order chi connectivity index (χ1) is 12.7. The van der Waals surface area contributed by atoms with Gasteiger partial charge in [0.25, 0.3) is 0 Å². The van der Waals surface area contributed by atoms with E-state index in [2.05, 4.69) is 18.8 Å². The molecule has 0 amide bonds. The highest BCUT2D eigenvalue weighted by Crippen LogP contribution is 2.35. The molecule has 27 heavy (non-hydrogen) atoms. The van der Waals surface area contributed by atoms with E-state index in [9.17, 15) is 4.79 Å². The highest BCUT2D eigenvalue weighted by atomic mass is 35.5. The first-order valence-electron chi connectivity index (χ1n) is 9.09. The van der Waals surface area contributed by atoms with Gasteiger partial charge in [0.2, 0.25) is 0 Å². The summed E-state index contributed by atoms with van der Waals surface area (Å²) in [5.74, 6) is -0.250. The van der Waals surface area contributed by atoms with Crippen molar-refractivity contribution in [2.24, 2.45) is 0 Å². The molecule has 3 rings (SSSR count). The summed E-state index contributed by atoms with van der Waals surface area (Å²) in [6, 6.07) is 5.64. The first-order valence-corrected chi connectivity index (χ1v) is 9.46. The van der Waals surface area contributed by atoms with Gasteiger partial charge in [0, 0.05) is 10.7 Å². The van der Waals surface area contributed by atoms with E-state index in [4.69, 9.17) is 21.4 Å². The maximum atomic E-state index is 12.4. The summed E-state index contributed by atoms with van der Waals surface area (Å²) in [6.07, 6.45) is 0. The van der Waals surface area contributed by atoms with Crippen molar-refractivity contribution in [2.45, 2.75) is 47.5 Å². The number of aromatic nitrogens is 3. The molecule has 2 heterocycles. The third-order valence-corrected chi connectivity index (χ3v) is 4.83. The predicted molar refractivity (Wildman–Crippen MR) is 108 cm³/mol. The molecule has 6 heteroatoms. The van der Waals surface area contributed by atoms with Gasteiger partial charge in [-0.25, -0.2) is 14.3 Å². The van der Waals surface area contributed by atoms with Gasteiger partial charge in [-0.1, -0.05) is 25.4 Å². The number of carbonyl (C=O) groups is 1. The zero-order valence-corrected chi connectivity index (χ0v) is 17.3. The molecule has 0 fully saturated rings. The van der Waals surface area contributed by atoms with Gasteiger partial charge in [0.05, 0.1) is 17.9 Å². The Bertz CT molecular complexity index is 1010. The molecule has 0 aliphatic heterocycles. The van der Waals surface area contributed by atoms with Gasteiger partial charge in [-0.3, -0.25) is 0 Å². The lowest BCUT2D eigenvalue weighted by Crippen LogP contribution is -2.12. The number of carbonyl (C=O) groups excluding carboxylic acids is 1. The van der Waals surface area contributed by atoms with Crippen LogP contribution in [0, 0.1) is 20.8 Å². The Morgan fingerprint density at radius 1 is 1.15 bits per heavy atom. The molecular formula is C21H24ClN3O2. The Labute approximate surface area is 164 Å². The number of ether oxygens (including phenoxy) is 1. The molecular weight excluding hydrogens is 362 g/mol. The van der Waals surface area contributed by atoms with Crippen molar-refractivity contribution in [3.05, 3.63) is 51.4 Å². The fraction of sp³-hybridized carbons (Fsp3) is 0.381. The molecule has 1 aromatic carbocycles. The summed E-state index contributed by atoms with van der Waals surface area (Å²) >= 11 is 6.21. The molecule has 0 unspecified atom stereocenters. The first kappa shape index (κ1) is 19.4. The lowest BCUT2D eigenvalue weighted by atomic mass is 9.95. The molecule has 142 valence electrons. The van der Waals surface area contributed by atoms with Crippen LogP contribution in [-0.2, 0) is 4.74 Å². The zero-order chi connectivity index (χ0) is 19.9. The Morgan fingerprint density at radius 2 is 1.78 bits per heavy atom. The van der Waals surface area contributed by atoms with Crippen molar-refractivity contribution >= 4 is 23.2 Å². The summed E-state index contributed by atoms with van der Waals surface area (Å²) in [4.78, 5) is 17.0. The van der Waals surface area contributed by atoms with Gasteiger partial charge in [-0.05, 0) is 68.5 Å². The maximum absolute atomic E-state index is 12.4.